The molecule has 16 heavy (non-hydrogen) atoms. The van der Waals surface area contributed by atoms with Gasteiger partial charge in [-0.2, -0.15) is 0 Å². The van der Waals surface area contributed by atoms with Crippen molar-refractivity contribution in [3.05, 3.63) is 0 Å². The molecule has 0 aromatic heterocycles. The third-order valence-corrected chi connectivity index (χ3v) is 2.97. The molecule has 0 spiro atoms. The van der Waals surface area contributed by atoms with Crippen LogP contribution in [0.3, 0.4) is 0 Å². The summed E-state index contributed by atoms with van der Waals surface area (Å²) < 4.78 is 5.59. The minimum absolute atomic E-state index is 0.113. The van der Waals surface area contributed by atoms with Crippen LogP contribution in [0.5, 0.6) is 0 Å². The van der Waals surface area contributed by atoms with Crippen molar-refractivity contribution in [2.24, 2.45) is 0 Å². The Kier molecular flexibility index (Phi) is 5.73. The lowest BCUT2D eigenvalue weighted by molar-refractivity contribution is -0.139. The summed E-state index contributed by atoms with van der Waals surface area (Å²) in [5.41, 5.74) is 0. The number of aliphatic carboxylic acids is 1. The summed E-state index contributed by atoms with van der Waals surface area (Å²) in [5.74, 6) is -0.786. The monoisotopic (exact) mass is 230 g/mol. The van der Waals surface area contributed by atoms with Crippen molar-refractivity contribution in [1.29, 1.82) is 0 Å². The van der Waals surface area contributed by atoms with Gasteiger partial charge in [-0.3, -0.25) is 9.69 Å². The summed E-state index contributed by atoms with van der Waals surface area (Å²) in [5, 5.41) is 11.9. The van der Waals surface area contributed by atoms with Crippen LogP contribution in [0.25, 0.3) is 0 Å². The molecule has 1 rings (SSSR count). The van der Waals surface area contributed by atoms with Gasteiger partial charge in [0.25, 0.3) is 0 Å². The molecule has 0 bridgehead atoms. The summed E-state index contributed by atoms with van der Waals surface area (Å²) in [4.78, 5) is 13.1. The number of hydrogen-bond acceptors (Lipinski definition) is 4. The van der Waals surface area contributed by atoms with Crippen LogP contribution in [0, 0.1) is 0 Å². The van der Waals surface area contributed by atoms with Gasteiger partial charge in [-0.1, -0.05) is 13.8 Å². The Labute approximate surface area is 96.8 Å². The van der Waals surface area contributed by atoms with Gasteiger partial charge in [-0.05, 0) is 13.0 Å². The number of morpholine rings is 1. The molecule has 94 valence electrons. The number of carboxylic acid groups (broad SMARTS) is 1. The van der Waals surface area contributed by atoms with Crippen LogP contribution in [0.15, 0.2) is 0 Å². The van der Waals surface area contributed by atoms with Gasteiger partial charge in [0, 0.05) is 19.6 Å². The first-order chi connectivity index (χ1) is 7.67. The van der Waals surface area contributed by atoms with Crippen molar-refractivity contribution >= 4 is 5.97 Å². The van der Waals surface area contributed by atoms with Crippen LogP contribution >= 0.6 is 0 Å². The minimum Gasteiger partial charge on any atom is -0.480 e. The SMILES string of the molecule is CCC(NCC1CN(CC)CCO1)C(=O)O. The van der Waals surface area contributed by atoms with Crippen molar-refractivity contribution < 1.29 is 14.6 Å². The summed E-state index contributed by atoms with van der Waals surface area (Å²) in [7, 11) is 0. The van der Waals surface area contributed by atoms with Crippen LogP contribution in [-0.4, -0.2) is 60.9 Å². The van der Waals surface area contributed by atoms with E-state index in [0.717, 1.165) is 26.2 Å². The number of hydrogen-bond donors (Lipinski definition) is 2. The van der Waals surface area contributed by atoms with Gasteiger partial charge in [0.1, 0.15) is 6.04 Å². The highest BCUT2D eigenvalue weighted by Gasteiger charge is 2.21. The molecule has 5 nitrogen and oxygen atoms in total. The maximum Gasteiger partial charge on any atom is 0.320 e. The molecule has 5 heteroatoms. The van der Waals surface area contributed by atoms with Crippen molar-refractivity contribution in [1.82, 2.24) is 10.2 Å². The van der Waals surface area contributed by atoms with Crippen LogP contribution in [0.2, 0.25) is 0 Å². The molecule has 0 saturated carbocycles. The molecule has 0 aromatic carbocycles. The molecule has 2 unspecified atom stereocenters. The fraction of sp³-hybridized carbons (Fsp3) is 0.909. The van der Waals surface area contributed by atoms with E-state index < -0.39 is 12.0 Å². The first kappa shape index (κ1) is 13.4. The number of ether oxygens (including phenoxy) is 1. The summed E-state index contributed by atoms with van der Waals surface area (Å²) >= 11 is 0. The van der Waals surface area contributed by atoms with Crippen LogP contribution in [0.4, 0.5) is 0 Å². The highest BCUT2D eigenvalue weighted by molar-refractivity contribution is 5.73. The van der Waals surface area contributed by atoms with E-state index in [1.165, 1.54) is 0 Å². The zero-order chi connectivity index (χ0) is 12.0. The molecule has 1 saturated heterocycles. The van der Waals surface area contributed by atoms with Crippen molar-refractivity contribution in [2.45, 2.75) is 32.4 Å². The number of carboxylic acids is 1. The van der Waals surface area contributed by atoms with Crippen molar-refractivity contribution in [2.75, 3.05) is 32.8 Å². The van der Waals surface area contributed by atoms with Crippen molar-refractivity contribution in [3.63, 3.8) is 0 Å². The van der Waals surface area contributed by atoms with E-state index >= 15 is 0 Å². The Morgan fingerprint density at radius 2 is 2.38 bits per heavy atom. The van der Waals surface area contributed by atoms with Crippen LogP contribution < -0.4 is 5.32 Å². The number of rotatable bonds is 6. The predicted molar refractivity (Wildman–Crippen MR) is 61.6 cm³/mol. The standard InChI is InChI=1S/C11H22N2O3/c1-3-10(11(14)15)12-7-9-8-13(4-2)5-6-16-9/h9-10,12H,3-8H2,1-2H3,(H,14,15). The predicted octanol–water partition coefficient (Wildman–Crippen LogP) is 0.160. The zero-order valence-corrected chi connectivity index (χ0v) is 10.1. The smallest absolute Gasteiger partial charge is 0.320 e. The quantitative estimate of drug-likeness (QED) is 0.680. The zero-order valence-electron chi connectivity index (χ0n) is 10.1. The first-order valence-electron chi connectivity index (χ1n) is 5.97. The fourth-order valence-electron chi connectivity index (χ4n) is 1.87. The number of nitrogens with zero attached hydrogens (tertiary/aromatic N) is 1. The third-order valence-electron chi connectivity index (χ3n) is 2.97. The molecular formula is C11H22N2O3. The fourth-order valence-corrected chi connectivity index (χ4v) is 1.87. The Hall–Kier alpha value is -0.650. The second-order valence-corrected chi connectivity index (χ2v) is 4.09. The Balaban J connectivity index is 2.28. The molecule has 2 N–H and O–H groups in total. The van der Waals surface area contributed by atoms with Crippen LogP contribution in [0.1, 0.15) is 20.3 Å². The summed E-state index contributed by atoms with van der Waals surface area (Å²) in [6.07, 6.45) is 0.710. The van der Waals surface area contributed by atoms with Gasteiger partial charge in [0.05, 0.1) is 12.7 Å². The molecule has 0 radical (unpaired) electrons. The molecule has 0 amide bonds. The van der Waals surface area contributed by atoms with E-state index in [9.17, 15) is 4.79 Å². The average Bonchev–Trinajstić information content (AvgIpc) is 2.29. The lowest BCUT2D eigenvalue weighted by Crippen LogP contribution is -2.49. The molecular weight excluding hydrogens is 208 g/mol. The van der Waals surface area contributed by atoms with Gasteiger partial charge in [0.15, 0.2) is 0 Å². The van der Waals surface area contributed by atoms with E-state index in [1.807, 2.05) is 6.92 Å². The molecule has 2 atom stereocenters. The van der Waals surface area contributed by atoms with E-state index in [2.05, 4.69) is 17.1 Å². The average molecular weight is 230 g/mol. The highest BCUT2D eigenvalue weighted by atomic mass is 16.5. The molecule has 1 aliphatic heterocycles. The maximum atomic E-state index is 10.8. The first-order valence-corrected chi connectivity index (χ1v) is 5.97. The van der Waals surface area contributed by atoms with Gasteiger partial charge in [-0.15, -0.1) is 0 Å². The van der Waals surface area contributed by atoms with E-state index in [1.54, 1.807) is 0 Å². The molecule has 1 heterocycles. The van der Waals surface area contributed by atoms with E-state index in [-0.39, 0.29) is 6.10 Å². The van der Waals surface area contributed by atoms with Gasteiger partial charge in [0.2, 0.25) is 0 Å². The summed E-state index contributed by atoms with van der Waals surface area (Å²) in [6.45, 7) is 8.23. The topological polar surface area (TPSA) is 61.8 Å². The van der Waals surface area contributed by atoms with Gasteiger partial charge < -0.3 is 15.2 Å². The van der Waals surface area contributed by atoms with E-state index in [0.29, 0.717) is 13.0 Å². The lowest BCUT2D eigenvalue weighted by atomic mass is 10.2. The second kappa shape index (κ2) is 6.83. The lowest BCUT2D eigenvalue weighted by Gasteiger charge is -2.32. The van der Waals surface area contributed by atoms with Crippen molar-refractivity contribution in [3.8, 4) is 0 Å². The van der Waals surface area contributed by atoms with Crippen LogP contribution in [-0.2, 0) is 9.53 Å². The molecule has 0 aliphatic carbocycles. The van der Waals surface area contributed by atoms with E-state index in [4.69, 9.17) is 9.84 Å². The number of likely N-dealkylation sites (N-methyl/N-ethyl adjacent to an activating group) is 1. The van der Waals surface area contributed by atoms with Gasteiger partial charge >= 0.3 is 5.97 Å². The Morgan fingerprint density at radius 1 is 1.62 bits per heavy atom. The highest BCUT2D eigenvalue weighted by Crippen LogP contribution is 2.04. The molecule has 0 aromatic rings. The Morgan fingerprint density at radius 3 is 2.94 bits per heavy atom. The summed E-state index contributed by atoms with van der Waals surface area (Å²) in [6, 6.07) is -0.458. The third kappa shape index (κ3) is 4.08. The number of carbonyl (C=O) groups is 1. The minimum atomic E-state index is -0.786. The normalized spacial score (nSPS) is 24.2. The maximum absolute atomic E-state index is 10.8. The van der Waals surface area contributed by atoms with Gasteiger partial charge in [-0.25, -0.2) is 0 Å². The number of nitrogens with one attached hydrogen (secondary N) is 1. The molecule has 1 aliphatic rings. The second-order valence-electron chi connectivity index (χ2n) is 4.09. The molecule has 1 fully saturated rings. The Bertz CT molecular complexity index is 223. The largest absolute Gasteiger partial charge is 0.480 e.